The fraction of sp³-hybridized carbons (Fsp3) is 0.545. The number of aryl methyl sites for hydroxylation is 3. The Bertz CT molecular complexity index is 488. The van der Waals surface area contributed by atoms with Crippen LogP contribution in [0.15, 0.2) is 5.38 Å². The maximum atomic E-state index is 5.59. The van der Waals surface area contributed by atoms with Crippen LogP contribution in [0.25, 0.3) is 0 Å². The highest BCUT2D eigenvalue weighted by molar-refractivity contribution is 7.13. The molecule has 0 fully saturated rings. The van der Waals surface area contributed by atoms with Crippen LogP contribution in [0.4, 0.5) is 5.13 Å². The van der Waals surface area contributed by atoms with Crippen LogP contribution in [0.1, 0.15) is 30.7 Å². The van der Waals surface area contributed by atoms with Crippen LogP contribution in [0.5, 0.6) is 0 Å². The largest absolute Gasteiger partial charge is 0.375 e. The lowest BCUT2D eigenvalue weighted by atomic mass is 10.2. The monoisotopic (exact) mass is 251 g/mol. The van der Waals surface area contributed by atoms with E-state index in [2.05, 4.69) is 26.7 Å². The fourth-order valence-electron chi connectivity index (χ4n) is 1.89. The molecule has 2 rings (SSSR count). The van der Waals surface area contributed by atoms with Crippen molar-refractivity contribution in [3.8, 4) is 0 Å². The van der Waals surface area contributed by atoms with Crippen LogP contribution in [-0.2, 0) is 19.4 Å². The summed E-state index contributed by atoms with van der Waals surface area (Å²) in [4.78, 5) is 4.24. The maximum Gasteiger partial charge on any atom is 0.180 e. The smallest absolute Gasteiger partial charge is 0.180 e. The molecule has 2 aromatic rings. The van der Waals surface area contributed by atoms with Crippen LogP contribution in [0, 0.1) is 6.92 Å². The standard InChI is InChI=1S/C11H17N5S/c1-3-16-8(2)14-15-10(16)6-4-5-9-7-17-11(12)13-9/h7H,3-6H2,1-2H3,(H2,12,13). The van der Waals surface area contributed by atoms with Gasteiger partial charge < -0.3 is 10.3 Å². The van der Waals surface area contributed by atoms with Crippen LogP contribution < -0.4 is 5.73 Å². The van der Waals surface area contributed by atoms with E-state index in [0.717, 1.165) is 43.1 Å². The summed E-state index contributed by atoms with van der Waals surface area (Å²) >= 11 is 1.50. The highest BCUT2D eigenvalue weighted by Crippen LogP contribution is 2.13. The van der Waals surface area contributed by atoms with Gasteiger partial charge in [0, 0.05) is 18.3 Å². The number of rotatable bonds is 5. The molecule has 0 atom stereocenters. The summed E-state index contributed by atoms with van der Waals surface area (Å²) in [5.74, 6) is 2.05. The Kier molecular flexibility index (Phi) is 3.73. The zero-order chi connectivity index (χ0) is 12.3. The average Bonchev–Trinajstić information content (AvgIpc) is 2.86. The summed E-state index contributed by atoms with van der Waals surface area (Å²) in [5, 5.41) is 11.0. The summed E-state index contributed by atoms with van der Waals surface area (Å²) in [7, 11) is 0. The first-order valence-electron chi connectivity index (χ1n) is 5.79. The Balaban J connectivity index is 1.89. The van der Waals surface area contributed by atoms with Crippen molar-refractivity contribution in [1.82, 2.24) is 19.7 Å². The first-order chi connectivity index (χ1) is 8.20. The van der Waals surface area contributed by atoms with Gasteiger partial charge in [0.05, 0.1) is 5.69 Å². The minimum absolute atomic E-state index is 0.646. The predicted octanol–water partition coefficient (Wildman–Crippen LogP) is 1.82. The summed E-state index contributed by atoms with van der Waals surface area (Å²) in [5.41, 5.74) is 6.67. The van der Waals surface area contributed by atoms with Crippen LogP contribution in [0.2, 0.25) is 0 Å². The van der Waals surface area contributed by atoms with Crippen molar-refractivity contribution in [2.75, 3.05) is 5.73 Å². The van der Waals surface area contributed by atoms with Gasteiger partial charge in [-0.15, -0.1) is 21.5 Å². The molecule has 0 unspecified atom stereocenters. The molecule has 0 spiro atoms. The van der Waals surface area contributed by atoms with Gasteiger partial charge in [-0.1, -0.05) is 0 Å². The second-order valence-electron chi connectivity index (χ2n) is 3.94. The number of nitrogens with zero attached hydrogens (tertiary/aromatic N) is 4. The quantitative estimate of drug-likeness (QED) is 0.880. The van der Waals surface area contributed by atoms with Crippen molar-refractivity contribution < 1.29 is 0 Å². The highest BCUT2D eigenvalue weighted by Gasteiger charge is 2.07. The van der Waals surface area contributed by atoms with E-state index in [4.69, 9.17) is 5.73 Å². The second-order valence-corrected chi connectivity index (χ2v) is 4.83. The van der Waals surface area contributed by atoms with Crippen molar-refractivity contribution in [3.05, 3.63) is 22.7 Å². The molecule has 0 saturated carbocycles. The van der Waals surface area contributed by atoms with Gasteiger partial charge in [-0.25, -0.2) is 4.98 Å². The van der Waals surface area contributed by atoms with Gasteiger partial charge in [-0.05, 0) is 26.7 Å². The Labute approximate surface area is 105 Å². The first-order valence-corrected chi connectivity index (χ1v) is 6.67. The highest BCUT2D eigenvalue weighted by atomic mass is 32.1. The Hall–Kier alpha value is -1.43. The number of aromatic nitrogens is 4. The summed E-state index contributed by atoms with van der Waals surface area (Å²) in [6, 6.07) is 0. The Morgan fingerprint density at radius 2 is 2.18 bits per heavy atom. The summed E-state index contributed by atoms with van der Waals surface area (Å²) in [6.45, 7) is 5.03. The molecule has 5 nitrogen and oxygen atoms in total. The molecule has 17 heavy (non-hydrogen) atoms. The van der Waals surface area contributed by atoms with E-state index in [-0.39, 0.29) is 0 Å². The molecule has 0 aliphatic carbocycles. The van der Waals surface area contributed by atoms with Gasteiger partial charge in [-0.3, -0.25) is 0 Å². The molecule has 0 aliphatic rings. The fourth-order valence-corrected chi connectivity index (χ4v) is 2.48. The molecule has 2 N–H and O–H groups in total. The molecule has 0 aliphatic heterocycles. The molecule has 0 bridgehead atoms. The van der Waals surface area contributed by atoms with Crippen LogP contribution in [-0.4, -0.2) is 19.7 Å². The topological polar surface area (TPSA) is 69.6 Å². The minimum Gasteiger partial charge on any atom is -0.375 e. The van der Waals surface area contributed by atoms with Gasteiger partial charge >= 0.3 is 0 Å². The van der Waals surface area contributed by atoms with Crippen LogP contribution >= 0.6 is 11.3 Å². The van der Waals surface area contributed by atoms with E-state index < -0.39 is 0 Å². The molecule has 2 heterocycles. The third-order valence-corrected chi connectivity index (χ3v) is 3.45. The number of hydrogen-bond acceptors (Lipinski definition) is 5. The van der Waals surface area contributed by atoms with Crippen molar-refractivity contribution in [2.45, 2.75) is 39.7 Å². The molecule has 0 amide bonds. The number of nitrogens with two attached hydrogens (primary N) is 1. The molecular weight excluding hydrogens is 234 g/mol. The van der Waals surface area contributed by atoms with E-state index in [1.54, 1.807) is 0 Å². The number of thiazole rings is 1. The van der Waals surface area contributed by atoms with E-state index in [0.29, 0.717) is 5.13 Å². The molecule has 0 radical (unpaired) electrons. The second kappa shape index (κ2) is 5.27. The molecule has 0 aromatic carbocycles. The third-order valence-electron chi connectivity index (χ3n) is 2.73. The Morgan fingerprint density at radius 1 is 1.35 bits per heavy atom. The SMILES string of the molecule is CCn1c(C)nnc1CCCc1csc(N)n1. The van der Waals surface area contributed by atoms with E-state index in [1.807, 2.05) is 12.3 Å². The van der Waals surface area contributed by atoms with Gasteiger partial charge in [0.2, 0.25) is 0 Å². The summed E-state index contributed by atoms with van der Waals surface area (Å²) in [6.07, 6.45) is 2.91. The maximum absolute atomic E-state index is 5.59. The molecule has 0 saturated heterocycles. The van der Waals surface area contributed by atoms with E-state index in [1.165, 1.54) is 11.3 Å². The normalized spacial score (nSPS) is 10.9. The van der Waals surface area contributed by atoms with Crippen LogP contribution in [0.3, 0.4) is 0 Å². The lowest BCUT2D eigenvalue weighted by molar-refractivity contribution is 0.653. The number of anilines is 1. The lowest BCUT2D eigenvalue weighted by Gasteiger charge is -2.04. The zero-order valence-corrected chi connectivity index (χ0v) is 11.0. The van der Waals surface area contributed by atoms with Gasteiger partial charge in [0.25, 0.3) is 0 Å². The Morgan fingerprint density at radius 3 is 2.82 bits per heavy atom. The molecule has 2 aromatic heterocycles. The summed E-state index contributed by atoms with van der Waals surface area (Å²) < 4.78 is 2.15. The zero-order valence-electron chi connectivity index (χ0n) is 10.2. The molecular formula is C11H17N5S. The molecule has 92 valence electrons. The first kappa shape index (κ1) is 12.0. The average molecular weight is 251 g/mol. The predicted molar refractivity (Wildman–Crippen MR) is 69.0 cm³/mol. The van der Waals surface area contributed by atoms with Crippen molar-refractivity contribution in [2.24, 2.45) is 0 Å². The van der Waals surface area contributed by atoms with Gasteiger partial charge in [-0.2, -0.15) is 0 Å². The van der Waals surface area contributed by atoms with Gasteiger partial charge in [0.1, 0.15) is 11.6 Å². The number of hydrogen-bond donors (Lipinski definition) is 1. The number of nitrogen functional groups attached to an aromatic ring is 1. The lowest BCUT2D eigenvalue weighted by Crippen LogP contribution is -2.04. The van der Waals surface area contributed by atoms with E-state index in [9.17, 15) is 0 Å². The van der Waals surface area contributed by atoms with Crippen molar-refractivity contribution in [3.63, 3.8) is 0 Å². The van der Waals surface area contributed by atoms with Crippen molar-refractivity contribution in [1.29, 1.82) is 0 Å². The van der Waals surface area contributed by atoms with Crippen molar-refractivity contribution >= 4 is 16.5 Å². The third kappa shape index (κ3) is 2.82. The van der Waals surface area contributed by atoms with Gasteiger partial charge in [0.15, 0.2) is 5.13 Å². The molecule has 6 heteroatoms. The minimum atomic E-state index is 0.646. The van der Waals surface area contributed by atoms with E-state index >= 15 is 0 Å².